The molecule has 0 aromatic heterocycles. The molecule has 2 nitrogen and oxygen atoms in total. The highest BCUT2D eigenvalue weighted by atomic mass is 16.7. The first kappa shape index (κ1) is 5.79. The fraction of sp³-hybridized carbons (Fsp3) is 0.667. The van der Waals surface area contributed by atoms with Crippen molar-refractivity contribution in [2.45, 2.75) is 13.2 Å². The normalized spacial score (nSPS) is 26.9. The molecule has 0 bridgehead atoms. The Balaban J connectivity index is 2.16. The van der Waals surface area contributed by atoms with E-state index in [9.17, 15) is 0 Å². The van der Waals surface area contributed by atoms with Crippen LogP contribution in [0.15, 0.2) is 12.2 Å². The first-order chi connectivity index (χ1) is 3.93. The van der Waals surface area contributed by atoms with E-state index in [4.69, 9.17) is 9.47 Å². The van der Waals surface area contributed by atoms with Crippen molar-refractivity contribution in [2.24, 2.45) is 0 Å². The predicted molar refractivity (Wildman–Crippen MR) is 30.5 cm³/mol. The first-order valence-corrected chi connectivity index (χ1v) is 2.83. The van der Waals surface area contributed by atoms with Crippen LogP contribution in [0.2, 0.25) is 0 Å². The van der Waals surface area contributed by atoms with Crippen molar-refractivity contribution in [3.05, 3.63) is 12.2 Å². The molecule has 1 aliphatic heterocycles. The van der Waals surface area contributed by atoms with Gasteiger partial charge in [0.05, 0.1) is 6.61 Å². The van der Waals surface area contributed by atoms with Gasteiger partial charge in [-0.05, 0) is 13.0 Å². The first-order valence-electron chi connectivity index (χ1n) is 2.83. The van der Waals surface area contributed by atoms with Gasteiger partial charge in [-0.15, -0.1) is 0 Å². The molecule has 1 atom stereocenters. The van der Waals surface area contributed by atoms with Crippen molar-refractivity contribution in [3.8, 4) is 0 Å². The summed E-state index contributed by atoms with van der Waals surface area (Å²) in [5, 5.41) is 0. The van der Waals surface area contributed by atoms with Gasteiger partial charge in [0.15, 0.2) is 6.29 Å². The number of ether oxygens (including phenoxy) is 2. The van der Waals surface area contributed by atoms with Gasteiger partial charge < -0.3 is 9.47 Å². The van der Waals surface area contributed by atoms with Crippen LogP contribution < -0.4 is 0 Å². The van der Waals surface area contributed by atoms with Gasteiger partial charge in [0.2, 0.25) is 0 Å². The molecule has 0 N–H and O–H groups in total. The van der Waals surface area contributed by atoms with Gasteiger partial charge in [0.1, 0.15) is 0 Å². The Morgan fingerprint density at radius 2 is 2.75 bits per heavy atom. The Bertz CT molecular complexity index is 88.5. The number of hydrogen-bond donors (Lipinski definition) is 0. The molecular formula is C6H10O2. The summed E-state index contributed by atoms with van der Waals surface area (Å²) in [5.41, 5.74) is 0. The van der Waals surface area contributed by atoms with E-state index < -0.39 is 0 Å². The molecule has 0 spiro atoms. The highest BCUT2D eigenvalue weighted by Crippen LogP contribution is 2.03. The molecular weight excluding hydrogens is 104 g/mol. The van der Waals surface area contributed by atoms with Gasteiger partial charge in [-0.2, -0.15) is 0 Å². The molecule has 0 saturated carbocycles. The van der Waals surface area contributed by atoms with Gasteiger partial charge >= 0.3 is 0 Å². The molecule has 1 unspecified atom stereocenters. The van der Waals surface area contributed by atoms with E-state index in [0.29, 0.717) is 6.61 Å². The van der Waals surface area contributed by atoms with Crippen molar-refractivity contribution >= 4 is 0 Å². The predicted octanol–water partition coefficient (Wildman–Crippen LogP) is 0.935. The highest BCUT2D eigenvalue weighted by Gasteiger charge is 2.06. The van der Waals surface area contributed by atoms with Gasteiger partial charge in [-0.3, -0.25) is 0 Å². The fourth-order valence-electron chi connectivity index (χ4n) is 0.641. The molecule has 1 aliphatic rings. The second-order valence-electron chi connectivity index (χ2n) is 1.59. The van der Waals surface area contributed by atoms with Gasteiger partial charge in [0, 0.05) is 6.61 Å². The van der Waals surface area contributed by atoms with Gasteiger partial charge in [-0.1, -0.05) is 6.08 Å². The molecule has 0 amide bonds. The zero-order chi connectivity index (χ0) is 5.82. The topological polar surface area (TPSA) is 18.5 Å². The third kappa shape index (κ3) is 1.32. The summed E-state index contributed by atoms with van der Waals surface area (Å²) in [6, 6.07) is 0. The molecule has 1 rings (SSSR count). The Labute approximate surface area is 49.1 Å². The van der Waals surface area contributed by atoms with E-state index in [-0.39, 0.29) is 6.29 Å². The minimum Gasteiger partial charge on any atom is -0.349 e. The maximum atomic E-state index is 5.09. The van der Waals surface area contributed by atoms with Gasteiger partial charge in [-0.25, -0.2) is 0 Å². The zero-order valence-electron chi connectivity index (χ0n) is 4.96. The number of hydrogen-bond acceptors (Lipinski definition) is 2. The lowest BCUT2D eigenvalue weighted by molar-refractivity contribution is -0.0872. The largest absolute Gasteiger partial charge is 0.349 e. The molecule has 0 aromatic rings. The van der Waals surface area contributed by atoms with Crippen LogP contribution in [0.4, 0.5) is 0 Å². The summed E-state index contributed by atoms with van der Waals surface area (Å²) >= 11 is 0. The van der Waals surface area contributed by atoms with Crippen LogP contribution in [0.1, 0.15) is 6.92 Å². The van der Waals surface area contributed by atoms with Gasteiger partial charge in [0.25, 0.3) is 0 Å². The smallest absolute Gasteiger partial charge is 0.177 e. The van der Waals surface area contributed by atoms with E-state index >= 15 is 0 Å². The summed E-state index contributed by atoms with van der Waals surface area (Å²) in [7, 11) is 0. The van der Waals surface area contributed by atoms with Crippen LogP contribution in [-0.4, -0.2) is 19.5 Å². The van der Waals surface area contributed by atoms with E-state index in [0.717, 1.165) is 6.61 Å². The molecule has 0 saturated heterocycles. The quantitative estimate of drug-likeness (QED) is 0.497. The van der Waals surface area contributed by atoms with Crippen molar-refractivity contribution in [3.63, 3.8) is 0 Å². The molecule has 2 heteroatoms. The average molecular weight is 114 g/mol. The fourth-order valence-corrected chi connectivity index (χ4v) is 0.641. The molecule has 46 valence electrons. The molecule has 0 aromatic carbocycles. The monoisotopic (exact) mass is 114 g/mol. The van der Waals surface area contributed by atoms with Crippen molar-refractivity contribution in [1.29, 1.82) is 0 Å². The van der Waals surface area contributed by atoms with Crippen LogP contribution in [0.25, 0.3) is 0 Å². The van der Waals surface area contributed by atoms with Crippen molar-refractivity contribution in [1.82, 2.24) is 0 Å². The lowest BCUT2D eigenvalue weighted by atomic mass is 10.5. The van der Waals surface area contributed by atoms with Crippen molar-refractivity contribution in [2.75, 3.05) is 13.2 Å². The Kier molecular flexibility index (Phi) is 2.06. The SMILES string of the molecule is CCOC1C=CCO1. The molecule has 0 fully saturated rings. The lowest BCUT2D eigenvalue weighted by Gasteiger charge is -2.05. The second kappa shape index (κ2) is 2.84. The summed E-state index contributed by atoms with van der Waals surface area (Å²) in [6.45, 7) is 3.37. The van der Waals surface area contributed by atoms with Crippen LogP contribution in [0.3, 0.4) is 0 Å². The number of rotatable bonds is 2. The summed E-state index contributed by atoms with van der Waals surface area (Å²) in [5.74, 6) is 0. The van der Waals surface area contributed by atoms with E-state index in [1.807, 2.05) is 19.1 Å². The van der Waals surface area contributed by atoms with Crippen molar-refractivity contribution < 1.29 is 9.47 Å². The van der Waals surface area contributed by atoms with Crippen LogP contribution >= 0.6 is 0 Å². The van der Waals surface area contributed by atoms with Crippen LogP contribution in [0, 0.1) is 0 Å². The standard InChI is InChI=1S/C6H10O2/c1-2-7-6-4-3-5-8-6/h3-4,6H,2,5H2,1H3. The highest BCUT2D eigenvalue weighted by molar-refractivity contribution is 4.90. The summed E-state index contributed by atoms with van der Waals surface area (Å²) < 4.78 is 10.2. The second-order valence-corrected chi connectivity index (χ2v) is 1.59. The Morgan fingerprint density at radius 1 is 1.88 bits per heavy atom. The average Bonchev–Trinajstić information content (AvgIpc) is 2.19. The molecule has 1 heterocycles. The molecule has 0 aliphatic carbocycles. The zero-order valence-corrected chi connectivity index (χ0v) is 4.96. The van der Waals surface area contributed by atoms with E-state index in [1.54, 1.807) is 0 Å². The Morgan fingerprint density at radius 3 is 3.25 bits per heavy atom. The molecule has 0 radical (unpaired) electrons. The third-order valence-corrected chi connectivity index (χ3v) is 0.981. The lowest BCUT2D eigenvalue weighted by Crippen LogP contribution is -2.08. The van der Waals surface area contributed by atoms with E-state index in [1.165, 1.54) is 0 Å². The molecule has 8 heavy (non-hydrogen) atoms. The maximum Gasteiger partial charge on any atom is 0.177 e. The minimum atomic E-state index is -0.0694. The van der Waals surface area contributed by atoms with E-state index in [2.05, 4.69) is 0 Å². The summed E-state index contributed by atoms with van der Waals surface area (Å²) in [6.07, 6.45) is 3.81. The maximum absolute atomic E-state index is 5.09. The summed E-state index contributed by atoms with van der Waals surface area (Å²) in [4.78, 5) is 0. The Hall–Kier alpha value is -0.340. The van der Waals surface area contributed by atoms with Crippen LogP contribution in [-0.2, 0) is 9.47 Å². The third-order valence-electron chi connectivity index (χ3n) is 0.981. The minimum absolute atomic E-state index is 0.0694. The van der Waals surface area contributed by atoms with Crippen LogP contribution in [0.5, 0.6) is 0 Å².